The lowest BCUT2D eigenvalue weighted by atomic mass is 10.2. The molecular formula is C19H21ClN2O4. The highest BCUT2D eigenvalue weighted by Gasteiger charge is 2.25. The van der Waals surface area contributed by atoms with Crippen LogP contribution >= 0.6 is 11.6 Å². The molecule has 0 spiro atoms. The molecule has 6 nitrogen and oxygen atoms in total. The number of ether oxygens (including phenoxy) is 1. The Kier molecular flexibility index (Phi) is 6.17. The SMILES string of the molecule is O=C(CCCOc1ccccc1Cl)N1CCN(C(=O)c2ccco2)CC1. The van der Waals surface area contributed by atoms with Crippen molar-refractivity contribution in [1.82, 2.24) is 9.80 Å². The quantitative estimate of drug-likeness (QED) is 0.727. The molecule has 0 N–H and O–H groups in total. The van der Waals surface area contributed by atoms with E-state index >= 15 is 0 Å². The van der Waals surface area contributed by atoms with E-state index < -0.39 is 0 Å². The number of benzene rings is 1. The van der Waals surface area contributed by atoms with Crippen LogP contribution in [0.15, 0.2) is 47.1 Å². The van der Waals surface area contributed by atoms with Gasteiger partial charge in [0.15, 0.2) is 5.76 Å². The molecule has 0 radical (unpaired) electrons. The van der Waals surface area contributed by atoms with Crippen molar-refractivity contribution in [3.05, 3.63) is 53.4 Å². The maximum atomic E-state index is 12.3. The minimum absolute atomic E-state index is 0.0813. The molecule has 0 bridgehead atoms. The van der Waals surface area contributed by atoms with Crippen molar-refractivity contribution in [1.29, 1.82) is 0 Å². The van der Waals surface area contributed by atoms with Gasteiger partial charge in [-0.1, -0.05) is 23.7 Å². The van der Waals surface area contributed by atoms with Crippen molar-refractivity contribution < 1.29 is 18.7 Å². The normalized spacial score (nSPS) is 14.3. The lowest BCUT2D eigenvalue weighted by Gasteiger charge is -2.34. The molecule has 0 saturated carbocycles. The maximum absolute atomic E-state index is 12.3. The molecule has 7 heteroatoms. The Labute approximate surface area is 157 Å². The number of halogens is 1. The highest BCUT2D eigenvalue weighted by molar-refractivity contribution is 6.32. The van der Waals surface area contributed by atoms with Crippen LogP contribution in [0.25, 0.3) is 0 Å². The van der Waals surface area contributed by atoms with Crippen molar-refractivity contribution >= 4 is 23.4 Å². The Hall–Kier alpha value is -2.47. The number of para-hydroxylation sites is 1. The minimum atomic E-state index is -0.129. The van der Waals surface area contributed by atoms with Gasteiger partial charge in [-0.2, -0.15) is 0 Å². The number of rotatable bonds is 6. The number of hydrogen-bond donors (Lipinski definition) is 0. The summed E-state index contributed by atoms with van der Waals surface area (Å²) < 4.78 is 10.7. The number of hydrogen-bond acceptors (Lipinski definition) is 4. The van der Waals surface area contributed by atoms with Gasteiger partial charge in [-0.05, 0) is 30.7 Å². The molecule has 1 saturated heterocycles. The second-order valence-corrected chi connectivity index (χ2v) is 6.44. The molecule has 0 aliphatic carbocycles. The molecule has 2 amide bonds. The Morgan fingerprint density at radius 2 is 1.77 bits per heavy atom. The first-order valence-corrected chi connectivity index (χ1v) is 9.01. The summed E-state index contributed by atoms with van der Waals surface area (Å²) in [6.45, 7) is 2.54. The molecule has 1 aromatic heterocycles. The van der Waals surface area contributed by atoms with Gasteiger partial charge in [-0.25, -0.2) is 0 Å². The van der Waals surface area contributed by atoms with Crippen molar-refractivity contribution in [2.24, 2.45) is 0 Å². The largest absolute Gasteiger partial charge is 0.492 e. The number of amides is 2. The fraction of sp³-hybridized carbons (Fsp3) is 0.368. The van der Waals surface area contributed by atoms with Gasteiger partial charge in [0.05, 0.1) is 17.9 Å². The molecule has 0 unspecified atom stereocenters. The van der Waals surface area contributed by atoms with Crippen LogP contribution in [0.4, 0.5) is 0 Å². The highest BCUT2D eigenvalue weighted by atomic mass is 35.5. The average Bonchev–Trinajstić information content (AvgIpc) is 3.20. The predicted octanol–water partition coefficient (Wildman–Crippen LogP) is 3.08. The van der Waals surface area contributed by atoms with E-state index in [1.54, 1.807) is 34.1 Å². The zero-order valence-corrected chi connectivity index (χ0v) is 15.2. The Morgan fingerprint density at radius 3 is 2.46 bits per heavy atom. The Bertz CT molecular complexity index is 740. The topological polar surface area (TPSA) is 63.0 Å². The maximum Gasteiger partial charge on any atom is 0.289 e. The van der Waals surface area contributed by atoms with Gasteiger partial charge in [0.2, 0.25) is 5.91 Å². The molecule has 1 aliphatic rings. The van der Waals surface area contributed by atoms with Crippen LogP contribution in [-0.2, 0) is 4.79 Å². The van der Waals surface area contributed by atoms with E-state index in [2.05, 4.69) is 0 Å². The summed E-state index contributed by atoms with van der Waals surface area (Å²) in [6, 6.07) is 10.6. The van der Waals surface area contributed by atoms with Gasteiger partial charge in [-0.15, -0.1) is 0 Å². The van der Waals surface area contributed by atoms with E-state index in [-0.39, 0.29) is 11.8 Å². The van der Waals surface area contributed by atoms with Crippen LogP contribution in [0.3, 0.4) is 0 Å². The van der Waals surface area contributed by atoms with E-state index in [0.717, 1.165) is 0 Å². The third kappa shape index (κ3) is 4.58. The number of furan rings is 1. The first kappa shape index (κ1) is 18.3. The van der Waals surface area contributed by atoms with Crippen LogP contribution < -0.4 is 4.74 Å². The van der Waals surface area contributed by atoms with Gasteiger partial charge >= 0.3 is 0 Å². The zero-order valence-electron chi connectivity index (χ0n) is 14.4. The molecule has 3 rings (SSSR count). The van der Waals surface area contributed by atoms with Crippen LogP contribution in [-0.4, -0.2) is 54.4 Å². The number of carbonyl (C=O) groups excluding carboxylic acids is 2. The van der Waals surface area contributed by atoms with Gasteiger partial charge in [0.25, 0.3) is 5.91 Å². The van der Waals surface area contributed by atoms with Crippen LogP contribution in [0.2, 0.25) is 5.02 Å². The molecule has 26 heavy (non-hydrogen) atoms. The van der Waals surface area contributed by atoms with Crippen LogP contribution in [0.1, 0.15) is 23.4 Å². The fourth-order valence-electron chi connectivity index (χ4n) is 2.84. The monoisotopic (exact) mass is 376 g/mol. The van der Waals surface area contributed by atoms with Gasteiger partial charge in [0, 0.05) is 32.6 Å². The van der Waals surface area contributed by atoms with Crippen LogP contribution in [0.5, 0.6) is 5.75 Å². The van der Waals surface area contributed by atoms with E-state index in [1.165, 1.54) is 6.26 Å². The lowest BCUT2D eigenvalue weighted by Crippen LogP contribution is -2.50. The molecule has 2 heterocycles. The van der Waals surface area contributed by atoms with Crippen molar-refractivity contribution in [3.8, 4) is 5.75 Å². The number of nitrogens with zero attached hydrogens (tertiary/aromatic N) is 2. The van der Waals surface area contributed by atoms with Crippen molar-refractivity contribution in [2.45, 2.75) is 12.8 Å². The van der Waals surface area contributed by atoms with Crippen molar-refractivity contribution in [2.75, 3.05) is 32.8 Å². The Balaban J connectivity index is 1.37. The first-order chi connectivity index (χ1) is 12.6. The van der Waals surface area contributed by atoms with Gasteiger partial charge in [-0.3, -0.25) is 9.59 Å². The molecule has 1 aliphatic heterocycles. The second-order valence-electron chi connectivity index (χ2n) is 6.03. The smallest absolute Gasteiger partial charge is 0.289 e. The number of piperazine rings is 1. The summed E-state index contributed by atoms with van der Waals surface area (Å²) in [5.74, 6) is 0.918. The lowest BCUT2D eigenvalue weighted by molar-refractivity contribution is -0.132. The predicted molar refractivity (Wildman–Crippen MR) is 97.4 cm³/mol. The highest BCUT2D eigenvalue weighted by Crippen LogP contribution is 2.23. The summed E-state index contributed by atoms with van der Waals surface area (Å²) in [5, 5.41) is 0.566. The summed E-state index contributed by atoms with van der Waals surface area (Å²) >= 11 is 6.02. The molecule has 0 atom stereocenters. The Morgan fingerprint density at radius 1 is 1.04 bits per heavy atom. The van der Waals surface area contributed by atoms with E-state index in [4.69, 9.17) is 20.8 Å². The van der Waals surface area contributed by atoms with E-state index in [0.29, 0.717) is 62.2 Å². The summed E-state index contributed by atoms with van der Waals surface area (Å²) in [4.78, 5) is 28.0. The molecule has 1 fully saturated rings. The van der Waals surface area contributed by atoms with Crippen LogP contribution in [0, 0.1) is 0 Å². The van der Waals surface area contributed by atoms with Gasteiger partial charge < -0.3 is 19.0 Å². The fourth-order valence-corrected chi connectivity index (χ4v) is 3.03. The summed E-state index contributed by atoms with van der Waals surface area (Å²) in [6.07, 6.45) is 2.52. The number of carbonyl (C=O) groups is 2. The van der Waals surface area contributed by atoms with Gasteiger partial charge in [0.1, 0.15) is 5.75 Å². The van der Waals surface area contributed by atoms with E-state index in [9.17, 15) is 9.59 Å². The second kappa shape index (κ2) is 8.76. The average molecular weight is 377 g/mol. The molecule has 2 aromatic rings. The molecule has 1 aromatic carbocycles. The van der Waals surface area contributed by atoms with Crippen molar-refractivity contribution in [3.63, 3.8) is 0 Å². The third-order valence-electron chi connectivity index (χ3n) is 4.28. The minimum Gasteiger partial charge on any atom is -0.492 e. The molecular weight excluding hydrogens is 356 g/mol. The zero-order chi connectivity index (χ0) is 18.4. The first-order valence-electron chi connectivity index (χ1n) is 8.63. The van der Waals surface area contributed by atoms with E-state index in [1.807, 2.05) is 12.1 Å². The molecule has 138 valence electrons. The summed E-state index contributed by atoms with van der Waals surface area (Å²) in [7, 11) is 0. The standard InChI is InChI=1S/C19H21ClN2O4/c20-15-5-1-2-6-16(15)25-14-4-8-18(23)21-9-11-22(12-10-21)19(24)17-7-3-13-26-17/h1-3,5-7,13H,4,8-12,14H2. The third-order valence-corrected chi connectivity index (χ3v) is 4.59. The summed E-state index contributed by atoms with van der Waals surface area (Å²) in [5.41, 5.74) is 0.